The Morgan fingerprint density at radius 3 is 2.81 bits per heavy atom. The van der Waals surface area contributed by atoms with E-state index in [1.807, 2.05) is 0 Å². The molecule has 0 amide bonds. The fourth-order valence-electron chi connectivity index (χ4n) is 2.37. The van der Waals surface area contributed by atoms with Gasteiger partial charge in [-0.1, -0.05) is 0 Å². The molecule has 1 aliphatic rings. The van der Waals surface area contributed by atoms with Gasteiger partial charge in [0.15, 0.2) is 0 Å². The van der Waals surface area contributed by atoms with E-state index in [0.717, 1.165) is 6.07 Å². The fraction of sp³-hybridized carbons (Fsp3) is 0.417. The summed E-state index contributed by atoms with van der Waals surface area (Å²) in [7, 11) is 1.45. The van der Waals surface area contributed by atoms with Gasteiger partial charge in [0.2, 0.25) is 0 Å². The van der Waals surface area contributed by atoms with Gasteiger partial charge in [0, 0.05) is 20.1 Å². The van der Waals surface area contributed by atoms with Crippen LogP contribution in [0.25, 0.3) is 0 Å². The Labute approximate surface area is 127 Å². The van der Waals surface area contributed by atoms with Crippen molar-refractivity contribution in [1.29, 1.82) is 0 Å². The number of aliphatic carboxylic acids is 1. The molecule has 2 atom stereocenters. The van der Waals surface area contributed by atoms with Gasteiger partial charge in [-0.05, 0) is 22.0 Å². The minimum atomic E-state index is -1.11. The first-order chi connectivity index (χ1) is 9.85. The number of carboxylic acid groups (broad SMARTS) is 1. The van der Waals surface area contributed by atoms with Crippen LogP contribution in [0.5, 0.6) is 0 Å². The lowest BCUT2D eigenvalue weighted by Crippen LogP contribution is -2.36. The molecule has 0 radical (unpaired) electrons. The number of methoxy groups -OCH3 is 1. The zero-order chi connectivity index (χ0) is 15.7. The highest BCUT2D eigenvalue weighted by Crippen LogP contribution is 2.37. The molecule has 1 aromatic rings. The number of benzene rings is 1. The summed E-state index contributed by atoms with van der Waals surface area (Å²) in [6.45, 7) is 0.187. The summed E-state index contributed by atoms with van der Waals surface area (Å²) in [6.07, 6.45) is -0.146. The highest BCUT2D eigenvalue weighted by molar-refractivity contribution is 9.10. The van der Waals surface area contributed by atoms with Crippen molar-refractivity contribution in [2.24, 2.45) is 0 Å². The lowest BCUT2D eigenvalue weighted by atomic mass is 10.2. The highest BCUT2D eigenvalue weighted by Gasteiger charge is 2.40. The summed E-state index contributed by atoms with van der Waals surface area (Å²) in [5, 5.41) is 20.3. The molecule has 0 spiro atoms. The van der Waals surface area contributed by atoms with Crippen molar-refractivity contribution >= 4 is 33.3 Å². The number of halogens is 2. The molecule has 1 saturated heterocycles. The van der Waals surface area contributed by atoms with Crippen molar-refractivity contribution in [1.82, 2.24) is 0 Å². The molecule has 0 aliphatic carbocycles. The van der Waals surface area contributed by atoms with E-state index in [9.17, 15) is 24.4 Å². The van der Waals surface area contributed by atoms with Gasteiger partial charge in [0.25, 0.3) is 5.69 Å². The van der Waals surface area contributed by atoms with E-state index < -0.39 is 28.4 Å². The molecular formula is C12H12BrFN2O5. The van der Waals surface area contributed by atoms with E-state index in [4.69, 9.17) is 4.74 Å². The van der Waals surface area contributed by atoms with Gasteiger partial charge < -0.3 is 14.7 Å². The van der Waals surface area contributed by atoms with Crippen molar-refractivity contribution < 1.29 is 24.0 Å². The van der Waals surface area contributed by atoms with Gasteiger partial charge in [-0.3, -0.25) is 10.1 Å². The summed E-state index contributed by atoms with van der Waals surface area (Å²) >= 11 is 2.96. The molecule has 21 heavy (non-hydrogen) atoms. The van der Waals surface area contributed by atoms with Crippen LogP contribution in [-0.4, -0.2) is 41.8 Å². The van der Waals surface area contributed by atoms with Gasteiger partial charge in [-0.25, -0.2) is 9.18 Å². The maximum Gasteiger partial charge on any atom is 0.326 e. The number of hydrogen-bond acceptors (Lipinski definition) is 5. The van der Waals surface area contributed by atoms with Crippen molar-refractivity contribution in [3.63, 3.8) is 0 Å². The summed E-state index contributed by atoms with van der Waals surface area (Å²) in [6, 6.07) is 1.05. The first kappa shape index (κ1) is 15.6. The largest absolute Gasteiger partial charge is 0.480 e. The zero-order valence-electron chi connectivity index (χ0n) is 11.0. The van der Waals surface area contributed by atoms with Crippen LogP contribution in [0.4, 0.5) is 15.8 Å². The fourth-order valence-corrected chi connectivity index (χ4v) is 2.70. The van der Waals surface area contributed by atoms with E-state index in [-0.39, 0.29) is 29.2 Å². The third-order valence-electron chi connectivity index (χ3n) is 3.40. The number of rotatable bonds is 4. The number of carboxylic acids is 1. The molecule has 0 bridgehead atoms. The van der Waals surface area contributed by atoms with Gasteiger partial charge in [-0.15, -0.1) is 0 Å². The van der Waals surface area contributed by atoms with Crippen LogP contribution in [0.3, 0.4) is 0 Å². The molecule has 1 N–H and O–H groups in total. The van der Waals surface area contributed by atoms with E-state index in [2.05, 4.69) is 15.9 Å². The smallest absolute Gasteiger partial charge is 0.326 e. The van der Waals surface area contributed by atoms with Crippen LogP contribution in [0.2, 0.25) is 0 Å². The number of carbonyl (C=O) groups is 1. The summed E-state index contributed by atoms with van der Waals surface area (Å²) in [5.41, 5.74) is -0.418. The molecule has 2 rings (SSSR count). The second-order valence-electron chi connectivity index (χ2n) is 4.61. The zero-order valence-corrected chi connectivity index (χ0v) is 12.5. The molecule has 114 valence electrons. The van der Waals surface area contributed by atoms with E-state index >= 15 is 0 Å². The number of nitro benzene ring substituents is 1. The molecule has 7 nitrogen and oxygen atoms in total. The average molecular weight is 363 g/mol. The molecule has 1 aromatic carbocycles. The predicted molar refractivity (Wildman–Crippen MR) is 74.9 cm³/mol. The lowest BCUT2D eigenvalue weighted by molar-refractivity contribution is -0.384. The number of hydrogen-bond donors (Lipinski definition) is 1. The summed E-state index contributed by atoms with van der Waals surface area (Å²) < 4.78 is 18.7. The normalized spacial score (nSPS) is 21.6. The Bertz CT molecular complexity index is 597. The van der Waals surface area contributed by atoms with Gasteiger partial charge in [0.05, 0.1) is 21.6 Å². The molecule has 0 saturated carbocycles. The highest BCUT2D eigenvalue weighted by atomic mass is 79.9. The van der Waals surface area contributed by atoms with Crippen molar-refractivity contribution in [2.75, 3.05) is 18.6 Å². The van der Waals surface area contributed by atoms with Crippen LogP contribution in [-0.2, 0) is 9.53 Å². The Balaban J connectivity index is 2.51. The van der Waals surface area contributed by atoms with Gasteiger partial charge in [0.1, 0.15) is 17.5 Å². The number of nitro groups is 1. The molecule has 0 aromatic heterocycles. The monoisotopic (exact) mass is 362 g/mol. The van der Waals surface area contributed by atoms with Crippen LogP contribution >= 0.6 is 15.9 Å². The van der Waals surface area contributed by atoms with Crippen LogP contribution in [0.1, 0.15) is 6.42 Å². The third kappa shape index (κ3) is 2.98. The molecule has 1 heterocycles. The molecular weight excluding hydrogens is 351 g/mol. The second-order valence-corrected chi connectivity index (χ2v) is 5.47. The van der Waals surface area contributed by atoms with Crippen LogP contribution < -0.4 is 4.90 Å². The van der Waals surface area contributed by atoms with Crippen LogP contribution in [0, 0.1) is 15.9 Å². The van der Waals surface area contributed by atoms with Crippen LogP contribution in [0.15, 0.2) is 16.6 Å². The Kier molecular flexibility index (Phi) is 4.43. The maximum atomic E-state index is 13.5. The number of anilines is 1. The molecule has 1 aliphatic heterocycles. The molecule has 9 heteroatoms. The topological polar surface area (TPSA) is 92.9 Å². The lowest BCUT2D eigenvalue weighted by Gasteiger charge is -2.23. The minimum absolute atomic E-state index is 0.0353. The number of nitrogens with zero attached hydrogens (tertiary/aromatic N) is 2. The van der Waals surface area contributed by atoms with E-state index in [1.165, 1.54) is 18.1 Å². The first-order valence-corrected chi connectivity index (χ1v) is 6.80. The van der Waals surface area contributed by atoms with E-state index in [0.29, 0.717) is 0 Å². The quantitative estimate of drug-likeness (QED) is 0.651. The maximum absolute atomic E-state index is 13.5. The third-order valence-corrected chi connectivity index (χ3v) is 4.01. The van der Waals surface area contributed by atoms with Gasteiger partial charge >= 0.3 is 5.97 Å². The standard InChI is InChI=1S/C12H12BrFN2O5/c1-21-6-2-11(12(17)18)15(5-6)9-3-7(13)8(14)4-10(9)16(19)20/h3-4,6,11H,2,5H2,1H3,(H,17,18). The van der Waals surface area contributed by atoms with Crippen molar-refractivity contribution in [3.05, 3.63) is 32.5 Å². The second kappa shape index (κ2) is 5.94. The first-order valence-electron chi connectivity index (χ1n) is 6.00. The Morgan fingerprint density at radius 1 is 1.62 bits per heavy atom. The van der Waals surface area contributed by atoms with Crippen molar-refractivity contribution in [2.45, 2.75) is 18.6 Å². The average Bonchev–Trinajstić information content (AvgIpc) is 2.85. The number of ether oxygens (including phenoxy) is 1. The Morgan fingerprint density at radius 2 is 2.29 bits per heavy atom. The van der Waals surface area contributed by atoms with Crippen molar-refractivity contribution in [3.8, 4) is 0 Å². The Hall–Kier alpha value is -1.74. The molecule has 1 fully saturated rings. The summed E-state index contributed by atoms with van der Waals surface area (Å²) in [4.78, 5) is 23.0. The summed E-state index contributed by atoms with van der Waals surface area (Å²) in [5.74, 6) is -1.89. The van der Waals surface area contributed by atoms with Gasteiger partial charge in [-0.2, -0.15) is 0 Å². The van der Waals surface area contributed by atoms with E-state index in [1.54, 1.807) is 0 Å². The minimum Gasteiger partial charge on any atom is -0.480 e. The SMILES string of the molecule is COC1CC(C(=O)O)N(c2cc(Br)c(F)cc2[N+](=O)[O-])C1. The predicted octanol–water partition coefficient (Wildman–Crippen LogP) is 2.17. The molecule has 2 unspecified atom stereocenters.